The first-order valence-corrected chi connectivity index (χ1v) is 10.5. The average Bonchev–Trinajstić information content (AvgIpc) is 3.14. The molecule has 0 atom stereocenters. The molecule has 160 valence electrons. The van der Waals surface area contributed by atoms with Gasteiger partial charge < -0.3 is 9.30 Å². The van der Waals surface area contributed by atoms with Gasteiger partial charge in [-0.3, -0.25) is 13.9 Å². The van der Waals surface area contributed by atoms with Crippen LogP contribution in [0.25, 0.3) is 11.2 Å². The zero-order chi connectivity index (χ0) is 22.1. The maximum Gasteiger partial charge on any atom is 0.332 e. The van der Waals surface area contributed by atoms with Gasteiger partial charge in [-0.1, -0.05) is 42.1 Å². The van der Waals surface area contributed by atoms with E-state index >= 15 is 0 Å². The van der Waals surface area contributed by atoms with Crippen molar-refractivity contribution >= 4 is 22.9 Å². The first-order chi connectivity index (χ1) is 14.9. The van der Waals surface area contributed by atoms with Crippen molar-refractivity contribution in [3.05, 3.63) is 86.3 Å². The fourth-order valence-electron chi connectivity index (χ4n) is 3.39. The molecule has 0 aliphatic heterocycles. The Kier molecular flexibility index (Phi) is 5.69. The van der Waals surface area contributed by atoms with E-state index in [1.165, 1.54) is 29.4 Å². The first kappa shape index (κ1) is 20.9. The molecule has 0 N–H and O–H groups in total. The van der Waals surface area contributed by atoms with Crippen LogP contribution >= 0.6 is 11.8 Å². The molecule has 2 heterocycles. The van der Waals surface area contributed by atoms with Crippen molar-refractivity contribution in [2.45, 2.75) is 17.5 Å². The van der Waals surface area contributed by atoms with E-state index in [1.54, 1.807) is 36.9 Å². The number of fused-ring (bicyclic) bond motifs is 1. The monoisotopic (exact) mass is 440 g/mol. The lowest BCUT2D eigenvalue weighted by Gasteiger charge is -2.10. The number of halogens is 1. The Morgan fingerprint density at radius 1 is 1.06 bits per heavy atom. The SMILES string of the molecule is COc1cccc(CSc2nc3c(c(=O)n(C)c(=O)n3C)n2Cc2ccccc2F)c1. The Hall–Kier alpha value is -3.33. The Labute approximate surface area is 181 Å². The predicted molar refractivity (Wildman–Crippen MR) is 118 cm³/mol. The van der Waals surface area contributed by atoms with Gasteiger partial charge in [0.15, 0.2) is 16.3 Å². The molecule has 0 unspecified atom stereocenters. The number of methoxy groups -OCH3 is 1. The van der Waals surface area contributed by atoms with E-state index in [0.29, 0.717) is 16.5 Å². The van der Waals surface area contributed by atoms with Gasteiger partial charge in [0, 0.05) is 25.4 Å². The molecule has 0 spiro atoms. The van der Waals surface area contributed by atoms with E-state index < -0.39 is 11.2 Å². The molecule has 0 aliphatic carbocycles. The summed E-state index contributed by atoms with van der Waals surface area (Å²) in [4.78, 5) is 29.9. The molecule has 0 amide bonds. The molecule has 2 aromatic carbocycles. The number of aryl methyl sites for hydroxylation is 1. The summed E-state index contributed by atoms with van der Waals surface area (Å²) in [6.45, 7) is 0.122. The van der Waals surface area contributed by atoms with E-state index in [-0.39, 0.29) is 23.5 Å². The van der Waals surface area contributed by atoms with Crippen LogP contribution in [-0.2, 0) is 26.4 Å². The van der Waals surface area contributed by atoms with Crippen LogP contribution in [-0.4, -0.2) is 25.8 Å². The minimum atomic E-state index is -0.463. The number of ether oxygens (including phenoxy) is 1. The molecule has 0 aliphatic rings. The number of benzene rings is 2. The van der Waals surface area contributed by atoms with E-state index in [0.717, 1.165) is 15.9 Å². The van der Waals surface area contributed by atoms with Crippen LogP contribution in [0.4, 0.5) is 4.39 Å². The minimum absolute atomic E-state index is 0.122. The zero-order valence-electron chi connectivity index (χ0n) is 17.3. The van der Waals surface area contributed by atoms with Crippen molar-refractivity contribution < 1.29 is 9.13 Å². The number of nitrogens with zero attached hydrogens (tertiary/aromatic N) is 4. The third-order valence-electron chi connectivity index (χ3n) is 5.10. The molecule has 4 rings (SSSR count). The van der Waals surface area contributed by atoms with Gasteiger partial charge in [-0.05, 0) is 23.8 Å². The fraction of sp³-hybridized carbons (Fsp3) is 0.227. The van der Waals surface area contributed by atoms with Crippen molar-refractivity contribution in [1.29, 1.82) is 0 Å². The summed E-state index contributed by atoms with van der Waals surface area (Å²) in [5, 5.41) is 0.527. The Morgan fingerprint density at radius 3 is 2.58 bits per heavy atom. The topological polar surface area (TPSA) is 71.1 Å². The van der Waals surface area contributed by atoms with Crippen LogP contribution in [0.15, 0.2) is 63.3 Å². The highest BCUT2D eigenvalue weighted by Crippen LogP contribution is 2.27. The number of aromatic nitrogens is 4. The van der Waals surface area contributed by atoms with Crippen LogP contribution < -0.4 is 16.0 Å². The summed E-state index contributed by atoms with van der Waals surface area (Å²) in [6, 6.07) is 14.1. The molecule has 9 heteroatoms. The molecule has 0 bridgehead atoms. The Morgan fingerprint density at radius 2 is 1.84 bits per heavy atom. The maximum absolute atomic E-state index is 14.4. The number of imidazole rings is 1. The number of hydrogen-bond acceptors (Lipinski definition) is 5. The fourth-order valence-corrected chi connectivity index (χ4v) is 4.33. The maximum atomic E-state index is 14.4. The molecule has 0 saturated heterocycles. The highest BCUT2D eigenvalue weighted by Gasteiger charge is 2.20. The molecule has 31 heavy (non-hydrogen) atoms. The van der Waals surface area contributed by atoms with E-state index in [4.69, 9.17) is 4.74 Å². The minimum Gasteiger partial charge on any atom is -0.497 e. The molecule has 7 nitrogen and oxygen atoms in total. The second-order valence-corrected chi connectivity index (χ2v) is 8.03. The molecular weight excluding hydrogens is 419 g/mol. The summed E-state index contributed by atoms with van der Waals surface area (Å²) in [5.74, 6) is 0.940. The van der Waals surface area contributed by atoms with Gasteiger partial charge >= 0.3 is 5.69 Å². The summed E-state index contributed by atoms with van der Waals surface area (Å²) in [7, 11) is 4.60. The van der Waals surface area contributed by atoms with Crippen molar-refractivity contribution in [2.24, 2.45) is 14.1 Å². The molecular formula is C22H21FN4O3S. The Bertz CT molecular complexity index is 1390. The Balaban J connectivity index is 1.84. The van der Waals surface area contributed by atoms with Gasteiger partial charge in [-0.2, -0.15) is 0 Å². The standard InChI is InChI=1S/C22H21FN4O3S/c1-25-19-18(20(28)26(2)22(25)29)27(12-15-8-4-5-10-17(15)23)21(24-19)31-13-14-7-6-9-16(11-14)30-3/h4-11H,12-13H2,1-3H3. The third-order valence-corrected chi connectivity index (χ3v) is 6.15. The lowest BCUT2D eigenvalue weighted by atomic mass is 10.2. The lowest BCUT2D eigenvalue weighted by molar-refractivity contribution is 0.414. The second-order valence-electron chi connectivity index (χ2n) is 7.09. The van der Waals surface area contributed by atoms with Crippen molar-refractivity contribution in [2.75, 3.05) is 7.11 Å². The summed E-state index contributed by atoms with van der Waals surface area (Å²) in [5.41, 5.74) is 1.06. The molecule has 0 radical (unpaired) electrons. The van der Waals surface area contributed by atoms with Crippen LogP contribution in [0.5, 0.6) is 5.75 Å². The molecule has 4 aromatic rings. The van der Waals surface area contributed by atoms with E-state index in [2.05, 4.69) is 4.98 Å². The normalized spacial score (nSPS) is 11.2. The highest BCUT2D eigenvalue weighted by molar-refractivity contribution is 7.98. The van der Waals surface area contributed by atoms with Crippen molar-refractivity contribution in [3.8, 4) is 5.75 Å². The van der Waals surface area contributed by atoms with Crippen LogP contribution in [0.1, 0.15) is 11.1 Å². The van der Waals surface area contributed by atoms with Crippen LogP contribution in [0.2, 0.25) is 0 Å². The zero-order valence-corrected chi connectivity index (χ0v) is 18.1. The highest BCUT2D eigenvalue weighted by atomic mass is 32.2. The van der Waals surface area contributed by atoms with Gasteiger partial charge in [-0.25, -0.2) is 14.2 Å². The van der Waals surface area contributed by atoms with E-state index in [1.807, 2.05) is 24.3 Å². The second kappa shape index (κ2) is 8.43. The van der Waals surface area contributed by atoms with E-state index in [9.17, 15) is 14.0 Å². The van der Waals surface area contributed by atoms with Crippen molar-refractivity contribution in [3.63, 3.8) is 0 Å². The van der Waals surface area contributed by atoms with Crippen LogP contribution in [0.3, 0.4) is 0 Å². The molecule has 0 saturated carbocycles. The summed E-state index contributed by atoms with van der Waals surface area (Å²) >= 11 is 1.41. The molecule has 0 fully saturated rings. The number of rotatable bonds is 6. The lowest BCUT2D eigenvalue weighted by Crippen LogP contribution is -2.37. The first-order valence-electron chi connectivity index (χ1n) is 9.56. The summed E-state index contributed by atoms with van der Waals surface area (Å²) < 4.78 is 23.7. The van der Waals surface area contributed by atoms with Gasteiger partial charge in [0.05, 0.1) is 13.7 Å². The largest absolute Gasteiger partial charge is 0.497 e. The summed E-state index contributed by atoms with van der Waals surface area (Å²) in [6.07, 6.45) is 0. The van der Waals surface area contributed by atoms with Gasteiger partial charge in [-0.15, -0.1) is 0 Å². The van der Waals surface area contributed by atoms with Gasteiger partial charge in [0.25, 0.3) is 5.56 Å². The number of hydrogen-bond donors (Lipinski definition) is 0. The quantitative estimate of drug-likeness (QED) is 0.431. The average molecular weight is 441 g/mol. The molecule has 2 aromatic heterocycles. The van der Waals surface area contributed by atoms with Gasteiger partial charge in [0.1, 0.15) is 11.6 Å². The smallest absolute Gasteiger partial charge is 0.332 e. The predicted octanol–water partition coefficient (Wildman–Crippen LogP) is 2.92. The van der Waals surface area contributed by atoms with Gasteiger partial charge in [0.2, 0.25) is 0 Å². The number of thioether (sulfide) groups is 1. The third kappa shape index (κ3) is 3.88. The van der Waals surface area contributed by atoms with Crippen molar-refractivity contribution in [1.82, 2.24) is 18.7 Å². The van der Waals surface area contributed by atoms with Crippen LogP contribution in [0, 0.1) is 5.82 Å².